The molecule has 0 fully saturated rings. The molecule has 2 radical (unpaired) electrons. The highest BCUT2D eigenvalue weighted by molar-refractivity contribution is 7.85. The fraction of sp³-hybridized carbons (Fsp3) is 0.333. The lowest BCUT2D eigenvalue weighted by molar-refractivity contribution is -0.131. The number of carbonyl (C=O) groups excluding carboxylic acids is 2. The van der Waals surface area contributed by atoms with Gasteiger partial charge in [0.1, 0.15) is 18.1 Å². The molecule has 0 saturated carbocycles. The summed E-state index contributed by atoms with van der Waals surface area (Å²) in [6.07, 6.45) is 0.112. The molecule has 0 aromatic heterocycles. The Hall–Kier alpha value is -1.87. The van der Waals surface area contributed by atoms with E-state index in [2.05, 4.69) is 4.74 Å². The smallest absolute Gasteiger partial charge is 0.338 e. The van der Waals surface area contributed by atoms with Crippen LogP contribution < -0.4 is 4.74 Å². The van der Waals surface area contributed by atoms with Crippen LogP contribution >= 0.6 is 0 Å². The molecule has 0 aliphatic carbocycles. The molecule has 0 saturated heterocycles. The molecule has 0 spiro atoms. The number of esters is 2. The van der Waals surface area contributed by atoms with Crippen LogP contribution in [0.5, 0.6) is 5.75 Å². The van der Waals surface area contributed by atoms with Gasteiger partial charge in [0, 0.05) is 6.92 Å². The molecule has 9 heteroatoms. The van der Waals surface area contributed by atoms with Crippen molar-refractivity contribution in [2.24, 2.45) is 0 Å². The van der Waals surface area contributed by atoms with Gasteiger partial charge < -0.3 is 9.47 Å². The molecule has 0 unspecified atom stereocenters. The van der Waals surface area contributed by atoms with Crippen molar-refractivity contribution in [2.75, 3.05) is 12.4 Å². The van der Waals surface area contributed by atoms with Crippen LogP contribution in [0.1, 0.15) is 22.8 Å². The molecular weight excluding hydrogens is 299 g/mol. The Morgan fingerprint density at radius 1 is 1.33 bits per heavy atom. The van der Waals surface area contributed by atoms with Crippen LogP contribution in [0.3, 0.4) is 0 Å². The maximum absolute atomic E-state index is 11.7. The van der Waals surface area contributed by atoms with Crippen molar-refractivity contribution in [3.8, 4) is 5.75 Å². The minimum absolute atomic E-state index is 0.0683. The minimum atomic E-state index is -4.20. The van der Waals surface area contributed by atoms with Gasteiger partial charge in [-0.3, -0.25) is 9.35 Å². The Morgan fingerprint density at radius 2 is 2.00 bits per heavy atom. The third-order valence-electron chi connectivity index (χ3n) is 2.35. The van der Waals surface area contributed by atoms with Gasteiger partial charge in [0.2, 0.25) is 0 Å². The van der Waals surface area contributed by atoms with Crippen molar-refractivity contribution in [3.05, 3.63) is 29.3 Å². The summed E-state index contributed by atoms with van der Waals surface area (Å²) in [5.74, 6) is -1.94. The van der Waals surface area contributed by atoms with E-state index in [4.69, 9.17) is 17.1 Å². The molecule has 0 aliphatic rings. The molecule has 112 valence electrons. The number of carbonyl (C=O) groups is 2. The van der Waals surface area contributed by atoms with Gasteiger partial charge in [0.25, 0.3) is 10.1 Å². The van der Waals surface area contributed by atoms with E-state index in [9.17, 15) is 18.0 Å². The highest BCUT2D eigenvalue weighted by Crippen LogP contribution is 2.21. The Labute approximate surface area is 123 Å². The van der Waals surface area contributed by atoms with Gasteiger partial charge in [-0.2, -0.15) is 8.42 Å². The zero-order chi connectivity index (χ0) is 16.0. The minimum Gasteiger partial charge on any atom is -0.461 e. The normalized spacial score (nSPS) is 11.0. The summed E-state index contributed by atoms with van der Waals surface area (Å²) in [4.78, 5) is 22.7. The van der Waals surface area contributed by atoms with Crippen LogP contribution in [0.15, 0.2) is 18.2 Å². The number of hydrogen-bond donors (Lipinski definition) is 1. The van der Waals surface area contributed by atoms with Crippen molar-refractivity contribution in [1.29, 1.82) is 0 Å². The molecular formula is C12H13BO7S. The molecule has 7 nitrogen and oxygen atoms in total. The predicted octanol–water partition coefficient (Wildman–Crippen LogP) is 0.325. The van der Waals surface area contributed by atoms with E-state index in [1.807, 2.05) is 0 Å². The predicted molar refractivity (Wildman–Crippen MR) is 73.9 cm³/mol. The number of hydrogen-bond acceptors (Lipinski definition) is 6. The third-order valence-corrected chi connectivity index (χ3v) is 3.03. The van der Waals surface area contributed by atoms with E-state index >= 15 is 0 Å². The molecule has 1 N–H and O–H groups in total. The lowest BCUT2D eigenvalue weighted by atomic mass is 9.95. The van der Waals surface area contributed by atoms with Crippen molar-refractivity contribution in [2.45, 2.75) is 13.2 Å². The quantitative estimate of drug-likeness (QED) is 0.349. The van der Waals surface area contributed by atoms with E-state index in [1.165, 1.54) is 25.1 Å². The van der Waals surface area contributed by atoms with Gasteiger partial charge in [-0.25, -0.2) is 4.79 Å². The van der Waals surface area contributed by atoms with E-state index in [-0.39, 0.29) is 17.6 Å². The second-order valence-electron chi connectivity index (χ2n) is 4.04. The standard InChI is InChI=1S/C12H13BO7S/c1-8(14)20-11-6-9(2-3-10(11)7-13)12(15)19-4-5-21(16,17)18/h2-3,6H,4-5,7H2,1H3,(H,16,17,18). The summed E-state index contributed by atoms with van der Waals surface area (Å²) in [6, 6.07) is 4.18. The molecule has 1 aromatic rings. The van der Waals surface area contributed by atoms with Gasteiger partial charge in [0.15, 0.2) is 0 Å². The second-order valence-corrected chi connectivity index (χ2v) is 5.61. The van der Waals surface area contributed by atoms with E-state index < -0.39 is 34.4 Å². The van der Waals surface area contributed by atoms with Crippen LogP contribution in [0, 0.1) is 0 Å². The summed E-state index contributed by atoms with van der Waals surface area (Å²) in [5.41, 5.74) is 0.596. The molecule has 0 aliphatic heterocycles. The summed E-state index contributed by atoms with van der Waals surface area (Å²) < 4.78 is 39.1. The maximum Gasteiger partial charge on any atom is 0.338 e. The summed E-state index contributed by atoms with van der Waals surface area (Å²) in [7, 11) is 1.28. The molecule has 0 bridgehead atoms. The highest BCUT2D eigenvalue weighted by Gasteiger charge is 2.13. The first-order chi connectivity index (χ1) is 9.73. The Kier molecular flexibility index (Phi) is 5.92. The Balaban J connectivity index is 2.82. The van der Waals surface area contributed by atoms with Gasteiger partial charge >= 0.3 is 11.9 Å². The zero-order valence-corrected chi connectivity index (χ0v) is 12.1. The third kappa shape index (κ3) is 5.96. The van der Waals surface area contributed by atoms with Crippen LogP contribution in [0.4, 0.5) is 0 Å². The van der Waals surface area contributed by atoms with Crippen molar-refractivity contribution in [1.82, 2.24) is 0 Å². The number of benzene rings is 1. The Morgan fingerprint density at radius 3 is 2.52 bits per heavy atom. The van der Waals surface area contributed by atoms with Crippen LogP contribution in [0.2, 0.25) is 0 Å². The molecule has 0 heterocycles. The van der Waals surface area contributed by atoms with Gasteiger partial charge in [-0.05, 0) is 17.7 Å². The second kappa shape index (κ2) is 7.23. The molecule has 0 amide bonds. The monoisotopic (exact) mass is 312 g/mol. The first-order valence-electron chi connectivity index (χ1n) is 5.86. The van der Waals surface area contributed by atoms with Crippen molar-refractivity contribution >= 4 is 29.9 Å². The fourth-order valence-electron chi connectivity index (χ4n) is 1.42. The Bertz CT molecular complexity index is 639. The summed E-state index contributed by atoms with van der Waals surface area (Å²) in [6.45, 7) is 0.719. The SMILES string of the molecule is [B]Cc1ccc(C(=O)OCCS(=O)(=O)O)cc1OC(C)=O. The van der Waals surface area contributed by atoms with Crippen LogP contribution in [-0.4, -0.2) is 45.1 Å². The first kappa shape index (κ1) is 17.2. The van der Waals surface area contributed by atoms with Crippen molar-refractivity contribution < 1.29 is 32.0 Å². The summed E-state index contributed by atoms with van der Waals surface area (Å²) >= 11 is 0. The molecule has 1 aromatic carbocycles. The molecule has 0 atom stereocenters. The average molecular weight is 312 g/mol. The molecule has 21 heavy (non-hydrogen) atoms. The fourth-order valence-corrected chi connectivity index (χ4v) is 1.72. The van der Waals surface area contributed by atoms with Crippen LogP contribution in [0.25, 0.3) is 0 Å². The molecule has 1 rings (SSSR count). The lowest BCUT2D eigenvalue weighted by Crippen LogP contribution is -2.15. The summed E-state index contributed by atoms with van der Waals surface area (Å²) in [5, 5.41) is 0. The van der Waals surface area contributed by atoms with Gasteiger partial charge in [-0.15, -0.1) is 0 Å². The van der Waals surface area contributed by atoms with E-state index in [1.54, 1.807) is 0 Å². The number of rotatable bonds is 6. The maximum atomic E-state index is 11.7. The van der Waals surface area contributed by atoms with Gasteiger partial charge in [-0.1, -0.05) is 12.4 Å². The first-order valence-corrected chi connectivity index (χ1v) is 7.47. The van der Waals surface area contributed by atoms with Gasteiger partial charge in [0.05, 0.1) is 13.4 Å². The van der Waals surface area contributed by atoms with E-state index in [0.29, 0.717) is 5.56 Å². The number of ether oxygens (including phenoxy) is 2. The topological polar surface area (TPSA) is 107 Å². The zero-order valence-electron chi connectivity index (χ0n) is 11.2. The van der Waals surface area contributed by atoms with Crippen molar-refractivity contribution in [3.63, 3.8) is 0 Å². The largest absolute Gasteiger partial charge is 0.461 e. The average Bonchev–Trinajstić information content (AvgIpc) is 2.36. The lowest BCUT2D eigenvalue weighted by Gasteiger charge is -2.10. The van der Waals surface area contributed by atoms with Crippen LogP contribution in [-0.2, 0) is 26.0 Å². The van der Waals surface area contributed by atoms with E-state index in [0.717, 1.165) is 0 Å². The highest BCUT2D eigenvalue weighted by atomic mass is 32.2.